The minimum absolute atomic E-state index is 0.203. The second-order valence-electron chi connectivity index (χ2n) is 15.0. The van der Waals surface area contributed by atoms with E-state index in [2.05, 4.69) is 76.8 Å². The molecule has 0 radical (unpaired) electrons. The number of hydrogen-bond donors (Lipinski definition) is 2. The Morgan fingerprint density at radius 1 is 0.889 bits per heavy atom. The summed E-state index contributed by atoms with van der Waals surface area (Å²) in [6.45, 7) is 15.4. The summed E-state index contributed by atoms with van der Waals surface area (Å²) in [5, 5.41) is 15.9. The minimum Gasteiger partial charge on any atom is -0.488 e. The molecule has 0 spiro atoms. The van der Waals surface area contributed by atoms with Crippen molar-refractivity contribution in [2.24, 2.45) is 0 Å². The van der Waals surface area contributed by atoms with Crippen LogP contribution in [-0.2, 0) is 30.9 Å². The fourth-order valence-electron chi connectivity index (χ4n) is 6.73. The summed E-state index contributed by atoms with van der Waals surface area (Å²) >= 11 is 6.83. The molecule has 54 heavy (non-hydrogen) atoms. The van der Waals surface area contributed by atoms with Gasteiger partial charge in [0.2, 0.25) is 0 Å². The fourth-order valence-corrected chi connectivity index (χ4v) is 6.97. The number of unbranched alkanes of at least 4 members (excludes halogenated alkanes) is 1. The highest BCUT2D eigenvalue weighted by atomic mass is 35.5. The number of nitrogens with one attached hydrogen (secondary N) is 2. The SMILES string of the molecule is Cc1c(CCCCN2CCCC2)cccc1-c1cccc(COc2cc(OCc3cncc(C#N)c3)c(CNCCNC(=O)OC(C)(C)C)cc2Cl)c1C. The first-order valence-corrected chi connectivity index (χ1v) is 19.4. The number of carbonyl (C=O) groups is 1. The van der Waals surface area contributed by atoms with Crippen LogP contribution in [0.2, 0.25) is 5.02 Å². The second-order valence-corrected chi connectivity index (χ2v) is 15.4. The molecule has 1 aromatic heterocycles. The van der Waals surface area contributed by atoms with E-state index in [-0.39, 0.29) is 6.61 Å². The van der Waals surface area contributed by atoms with Crippen molar-refractivity contribution < 1.29 is 19.0 Å². The molecule has 0 aliphatic carbocycles. The third-order valence-corrected chi connectivity index (χ3v) is 9.95. The molecule has 3 aromatic carbocycles. The maximum Gasteiger partial charge on any atom is 0.407 e. The zero-order chi connectivity index (χ0) is 38.5. The summed E-state index contributed by atoms with van der Waals surface area (Å²) in [7, 11) is 0. The predicted octanol–water partition coefficient (Wildman–Crippen LogP) is 9.08. The van der Waals surface area contributed by atoms with E-state index in [0.29, 0.717) is 48.3 Å². The van der Waals surface area contributed by atoms with Crippen LogP contribution in [0.15, 0.2) is 67.0 Å². The van der Waals surface area contributed by atoms with Crippen molar-refractivity contribution >= 4 is 17.7 Å². The van der Waals surface area contributed by atoms with Crippen molar-refractivity contribution in [1.29, 1.82) is 5.26 Å². The van der Waals surface area contributed by atoms with Gasteiger partial charge in [0.05, 0.1) is 10.6 Å². The summed E-state index contributed by atoms with van der Waals surface area (Å²) in [5.41, 5.74) is 8.94. The molecule has 0 unspecified atom stereocenters. The lowest BCUT2D eigenvalue weighted by Crippen LogP contribution is -2.36. The van der Waals surface area contributed by atoms with Crippen LogP contribution in [0.5, 0.6) is 11.5 Å². The Labute approximate surface area is 326 Å². The Morgan fingerprint density at radius 3 is 2.31 bits per heavy atom. The van der Waals surface area contributed by atoms with Gasteiger partial charge in [0.15, 0.2) is 0 Å². The van der Waals surface area contributed by atoms with Gasteiger partial charge in [0.1, 0.15) is 36.4 Å². The number of carbonyl (C=O) groups excluding carboxylic acids is 1. The van der Waals surface area contributed by atoms with E-state index in [1.54, 1.807) is 12.3 Å². The third-order valence-electron chi connectivity index (χ3n) is 9.65. The first-order valence-electron chi connectivity index (χ1n) is 19.0. The number of nitriles is 1. The summed E-state index contributed by atoms with van der Waals surface area (Å²) in [4.78, 5) is 18.8. The lowest BCUT2D eigenvalue weighted by atomic mass is 9.90. The molecule has 0 saturated carbocycles. The van der Waals surface area contributed by atoms with Crippen LogP contribution in [-0.4, -0.2) is 54.3 Å². The van der Waals surface area contributed by atoms with Crippen molar-refractivity contribution in [3.63, 3.8) is 0 Å². The Kier molecular flexibility index (Phi) is 14.7. The van der Waals surface area contributed by atoms with Crippen molar-refractivity contribution in [1.82, 2.24) is 20.5 Å². The average Bonchev–Trinajstić information content (AvgIpc) is 3.67. The first-order chi connectivity index (χ1) is 26.0. The van der Waals surface area contributed by atoms with E-state index < -0.39 is 11.7 Å². The van der Waals surface area contributed by atoms with E-state index in [9.17, 15) is 10.1 Å². The van der Waals surface area contributed by atoms with Crippen LogP contribution in [0.25, 0.3) is 11.1 Å². The van der Waals surface area contributed by atoms with Crippen LogP contribution in [0.3, 0.4) is 0 Å². The standard InChI is InChI=1S/C44H54ClN5O4/c1-31-35(12-6-7-19-50-20-8-9-21-50)13-10-15-38(31)39-16-11-14-36(32(39)2)30-53-42-24-41(52-29-34-22-33(25-46)26-48-27-34)37(23-40(42)45)28-47-17-18-49-43(51)54-44(3,4)5/h10-11,13-16,22-24,26-27,47H,6-9,12,17-21,28-30H2,1-5H3,(H,49,51). The summed E-state index contributed by atoms with van der Waals surface area (Å²) < 4.78 is 18.0. The van der Waals surface area contributed by atoms with Crippen molar-refractivity contribution in [3.05, 3.63) is 111 Å². The number of amides is 1. The van der Waals surface area contributed by atoms with Gasteiger partial charge in [-0.1, -0.05) is 48.0 Å². The van der Waals surface area contributed by atoms with E-state index in [1.165, 1.54) is 79.3 Å². The quantitative estimate of drug-likeness (QED) is 0.103. The zero-order valence-electron chi connectivity index (χ0n) is 32.4. The van der Waals surface area contributed by atoms with Gasteiger partial charge >= 0.3 is 6.09 Å². The van der Waals surface area contributed by atoms with E-state index >= 15 is 0 Å². The van der Waals surface area contributed by atoms with Gasteiger partial charge < -0.3 is 29.7 Å². The van der Waals surface area contributed by atoms with Crippen LogP contribution >= 0.6 is 11.6 Å². The maximum atomic E-state index is 12.0. The monoisotopic (exact) mass is 751 g/mol. The molecule has 286 valence electrons. The molecular formula is C44H54ClN5O4. The fraction of sp³-hybridized carbons (Fsp3) is 0.432. The molecule has 9 nitrogen and oxygen atoms in total. The van der Waals surface area contributed by atoms with E-state index in [0.717, 1.165) is 23.1 Å². The van der Waals surface area contributed by atoms with Gasteiger partial charge in [0, 0.05) is 49.2 Å². The number of likely N-dealkylation sites (tertiary alicyclic amines) is 1. The molecule has 10 heteroatoms. The molecule has 4 aromatic rings. The van der Waals surface area contributed by atoms with Crippen LogP contribution in [0, 0.1) is 25.2 Å². The van der Waals surface area contributed by atoms with E-state index in [4.69, 9.17) is 25.8 Å². The number of aromatic nitrogens is 1. The highest BCUT2D eigenvalue weighted by molar-refractivity contribution is 6.32. The van der Waals surface area contributed by atoms with Gasteiger partial charge in [-0.15, -0.1) is 0 Å². The number of aryl methyl sites for hydroxylation is 1. The molecule has 5 rings (SSSR count). The van der Waals surface area contributed by atoms with Gasteiger partial charge in [-0.25, -0.2) is 4.79 Å². The van der Waals surface area contributed by atoms with Gasteiger partial charge in [0.25, 0.3) is 0 Å². The Hall–Kier alpha value is -4.62. The number of benzene rings is 3. The lowest BCUT2D eigenvalue weighted by molar-refractivity contribution is 0.0528. The maximum absolute atomic E-state index is 12.0. The number of ether oxygens (including phenoxy) is 3. The summed E-state index contributed by atoms with van der Waals surface area (Å²) in [6, 6.07) is 20.6. The highest BCUT2D eigenvalue weighted by Gasteiger charge is 2.17. The van der Waals surface area contributed by atoms with Crippen LogP contribution in [0.1, 0.15) is 85.4 Å². The number of pyridine rings is 1. The van der Waals surface area contributed by atoms with Gasteiger partial charge in [-0.05, 0) is 132 Å². The topological polar surface area (TPSA) is 109 Å². The van der Waals surface area contributed by atoms with Gasteiger partial charge in [-0.2, -0.15) is 5.26 Å². The summed E-state index contributed by atoms with van der Waals surface area (Å²) in [6.07, 6.45) is 8.94. The van der Waals surface area contributed by atoms with Crippen LogP contribution < -0.4 is 20.1 Å². The number of rotatable bonds is 17. The normalized spacial score (nSPS) is 13.1. The smallest absolute Gasteiger partial charge is 0.407 e. The lowest BCUT2D eigenvalue weighted by Gasteiger charge is -2.20. The molecule has 0 bridgehead atoms. The van der Waals surface area contributed by atoms with Crippen molar-refractivity contribution in [2.45, 2.75) is 92.1 Å². The second kappa shape index (κ2) is 19.6. The molecule has 1 fully saturated rings. The van der Waals surface area contributed by atoms with E-state index in [1.807, 2.05) is 32.9 Å². The molecular weight excluding hydrogens is 698 g/mol. The molecule has 1 aliphatic heterocycles. The van der Waals surface area contributed by atoms with Crippen molar-refractivity contribution in [3.8, 4) is 28.7 Å². The molecule has 1 aliphatic rings. The highest BCUT2D eigenvalue weighted by Crippen LogP contribution is 2.35. The number of alkyl carbamates (subject to hydrolysis) is 1. The molecule has 1 saturated heterocycles. The molecule has 2 N–H and O–H groups in total. The van der Waals surface area contributed by atoms with Crippen LogP contribution in [0.4, 0.5) is 4.79 Å². The Balaban J connectivity index is 1.26. The Morgan fingerprint density at radius 2 is 1.59 bits per heavy atom. The zero-order valence-corrected chi connectivity index (χ0v) is 33.2. The average molecular weight is 752 g/mol. The van der Waals surface area contributed by atoms with Gasteiger partial charge in [-0.3, -0.25) is 4.98 Å². The van der Waals surface area contributed by atoms with Crippen molar-refractivity contribution in [2.75, 3.05) is 32.7 Å². The molecule has 0 atom stereocenters. The predicted molar refractivity (Wildman–Crippen MR) is 215 cm³/mol. The number of nitrogens with zero attached hydrogens (tertiary/aromatic N) is 3. The first kappa shape index (κ1) is 40.6. The summed E-state index contributed by atoms with van der Waals surface area (Å²) in [5.74, 6) is 1.09. The molecule has 2 heterocycles. The largest absolute Gasteiger partial charge is 0.488 e. The molecule has 1 amide bonds. The Bertz CT molecular complexity index is 1910. The minimum atomic E-state index is -0.564. The third kappa shape index (κ3) is 11.9. The number of hydrogen-bond acceptors (Lipinski definition) is 8. The number of halogens is 1.